The second-order valence-electron chi connectivity index (χ2n) is 3.86. The first-order valence-electron chi connectivity index (χ1n) is 5.31. The van der Waals surface area contributed by atoms with Gasteiger partial charge in [0.1, 0.15) is 5.03 Å². The van der Waals surface area contributed by atoms with E-state index in [1.807, 2.05) is 13.0 Å². The molecule has 2 nitrogen and oxygen atoms in total. The Hall–Kier alpha value is -1.79. The highest BCUT2D eigenvalue weighted by Gasteiger charge is 2.02. The third-order valence-electron chi connectivity index (χ3n) is 2.30. The molecule has 0 atom stereocenters. The molecule has 1 aromatic heterocycles. The Morgan fingerprint density at radius 3 is 2.47 bits per heavy atom. The number of aromatic nitrogens is 1. The number of aryl methyl sites for hydroxylation is 2. The quantitative estimate of drug-likeness (QED) is 0.802. The van der Waals surface area contributed by atoms with E-state index in [-0.39, 0.29) is 0 Å². The molecular formula is C14H12N2S. The molecule has 2 aromatic rings. The van der Waals surface area contributed by atoms with Crippen molar-refractivity contribution in [3.05, 3.63) is 53.2 Å². The predicted octanol–water partition coefficient (Wildman–Crippen LogP) is 3.72. The Morgan fingerprint density at radius 1 is 1.12 bits per heavy atom. The topological polar surface area (TPSA) is 36.7 Å². The van der Waals surface area contributed by atoms with Crippen molar-refractivity contribution >= 4 is 11.8 Å². The van der Waals surface area contributed by atoms with E-state index in [1.54, 1.807) is 17.8 Å². The van der Waals surface area contributed by atoms with Gasteiger partial charge in [0.25, 0.3) is 0 Å². The number of hydrogen-bond donors (Lipinski definition) is 0. The lowest BCUT2D eigenvalue weighted by atomic mass is 10.2. The fraction of sp³-hybridized carbons (Fsp3) is 0.143. The van der Waals surface area contributed by atoms with Gasteiger partial charge in [-0.15, -0.1) is 0 Å². The Kier molecular flexibility index (Phi) is 3.46. The summed E-state index contributed by atoms with van der Waals surface area (Å²) < 4.78 is 0. The van der Waals surface area contributed by atoms with Crippen LogP contribution in [0.15, 0.2) is 46.3 Å². The first kappa shape index (κ1) is 11.7. The summed E-state index contributed by atoms with van der Waals surface area (Å²) in [7, 11) is 0. The normalized spacial score (nSPS) is 9.94. The van der Waals surface area contributed by atoms with E-state index < -0.39 is 0 Å². The molecule has 0 amide bonds. The minimum Gasteiger partial charge on any atom is -0.246 e. The monoisotopic (exact) mass is 240 g/mol. The summed E-state index contributed by atoms with van der Waals surface area (Å²) >= 11 is 1.58. The maximum Gasteiger partial charge on any atom is 0.102 e. The van der Waals surface area contributed by atoms with Crippen molar-refractivity contribution < 1.29 is 0 Å². The van der Waals surface area contributed by atoms with Crippen LogP contribution in [0, 0.1) is 25.2 Å². The molecule has 0 radical (unpaired) electrons. The number of nitrogens with zero attached hydrogens (tertiary/aromatic N) is 2. The van der Waals surface area contributed by atoms with Crippen molar-refractivity contribution in [2.24, 2.45) is 0 Å². The highest BCUT2D eigenvalue weighted by Crippen LogP contribution is 2.27. The van der Waals surface area contributed by atoms with Gasteiger partial charge in [-0.2, -0.15) is 5.26 Å². The molecule has 1 aromatic carbocycles. The van der Waals surface area contributed by atoms with E-state index >= 15 is 0 Å². The summed E-state index contributed by atoms with van der Waals surface area (Å²) in [6.45, 7) is 3.97. The van der Waals surface area contributed by atoms with Gasteiger partial charge in [-0.25, -0.2) is 4.98 Å². The number of nitriles is 1. The van der Waals surface area contributed by atoms with Crippen LogP contribution in [0.3, 0.4) is 0 Å². The number of benzene rings is 1. The van der Waals surface area contributed by atoms with Crippen LogP contribution in [-0.4, -0.2) is 4.98 Å². The SMILES string of the molecule is Cc1ccc(Sc2cc(C#N)cc(C)n2)cc1. The molecule has 17 heavy (non-hydrogen) atoms. The molecule has 0 fully saturated rings. The minimum atomic E-state index is 0.659. The van der Waals surface area contributed by atoms with E-state index in [9.17, 15) is 0 Å². The van der Waals surface area contributed by atoms with Gasteiger partial charge in [-0.1, -0.05) is 29.5 Å². The third-order valence-corrected chi connectivity index (χ3v) is 3.23. The van der Waals surface area contributed by atoms with Crippen LogP contribution in [0.25, 0.3) is 0 Å². The highest BCUT2D eigenvalue weighted by atomic mass is 32.2. The number of rotatable bonds is 2. The molecule has 0 aliphatic carbocycles. The summed E-state index contributed by atoms with van der Waals surface area (Å²) in [6, 6.07) is 14.0. The fourth-order valence-electron chi connectivity index (χ4n) is 1.48. The van der Waals surface area contributed by atoms with Crippen molar-refractivity contribution in [1.29, 1.82) is 5.26 Å². The average molecular weight is 240 g/mol. The van der Waals surface area contributed by atoms with Gasteiger partial charge >= 0.3 is 0 Å². The van der Waals surface area contributed by atoms with Gasteiger partial charge < -0.3 is 0 Å². The molecule has 0 saturated carbocycles. The minimum absolute atomic E-state index is 0.659. The molecule has 3 heteroatoms. The maximum atomic E-state index is 8.90. The van der Waals surface area contributed by atoms with E-state index in [2.05, 4.69) is 42.2 Å². The summed E-state index contributed by atoms with van der Waals surface area (Å²) in [4.78, 5) is 5.55. The van der Waals surface area contributed by atoms with Crippen LogP contribution >= 0.6 is 11.8 Å². The third kappa shape index (κ3) is 3.08. The van der Waals surface area contributed by atoms with Crippen molar-refractivity contribution in [2.75, 3.05) is 0 Å². The van der Waals surface area contributed by atoms with E-state index in [0.717, 1.165) is 15.6 Å². The summed E-state index contributed by atoms with van der Waals surface area (Å²) in [5.41, 5.74) is 2.77. The van der Waals surface area contributed by atoms with Crippen molar-refractivity contribution in [3.8, 4) is 6.07 Å². The molecule has 0 bridgehead atoms. The molecule has 0 saturated heterocycles. The van der Waals surface area contributed by atoms with Crippen molar-refractivity contribution in [2.45, 2.75) is 23.8 Å². The van der Waals surface area contributed by atoms with Gasteiger partial charge in [0, 0.05) is 10.6 Å². The molecule has 0 aliphatic heterocycles. The fourth-order valence-corrected chi connectivity index (χ4v) is 2.37. The predicted molar refractivity (Wildman–Crippen MR) is 69.0 cm³/mol. The Bertz CT molecular complexity index is 568. The molecule has 2 rings (SSSR count). The van der Waals surface area contributed by atoms with Gasteiger partial charge in [-0.05, 0) is 38.1 Å². The van der Waals surface area contributed by atoms with Crippen LogP contribution < -0.4 is 0 Å². The van der Waals surface area contributed by atoms with Crippen LogP contribution in [0.2, 0.25) is 0 Å². The molecular weight excluding hydrogens is 228 g/mol. The molecule has 0 unspecified atom stereocenters. The van der Waals surface area contributed by atoms with E-state index in [4.69, 9.17) is 5.26 Å². The first-order valence-corrected chi connectivity index (χ1v) is 6.12. The first-order chi connectivity index (χ1) is 8.17. The summed E-state index contributed by atoms with van der Waals surface area (Å²) in [5, 5.41) is 9.77. The van der Waals surface area contributed by atoms with Crippen molar-refractivity contribution in [1.82, 2.24) is 4.98 Å². The number of pyridine rings is 1. The Balaban J connectivity index is 2.27. The Morgan fingerprint density at radius 2 is 1.82 bits per heavy atom. The maximum absolute atomic E-state index is 8.90. The van der Waals surface area contributed by atoms with E-state index in [1.165, 1.54) is 5.56 Å². The zero-order chi connectivity index (χ0) is 12.3. The van der Waals surface area contributed by atoms with Crippen LogP contribution in [0.1, 0.15) is 16.8 Å². The highest BCUT2D eigenvalue weighted by molar-refractivity contribution is 7.99. The lowest BCUT2D eigenvalue weighted by Gasteiger charge is -2.03. The molecule has 84 valence electrons. The lowest BCUT2D eigenvalue weighted by Crippen LogP contribution is -1.87. The zero-order valence-corrected chi connectivity index (χ0v) is 10.6. The lowest BCUT2D eigenvalue weighted by molar-refractivity contribution is 1.06. The second kappa shape index (κ2) is 5.03. The molecule has 1 heterocycles. The standard InChI is InChI=1S/C14H12N2S/c1-10-3-5-13(6-4-10)17-14-8-12(9-15)7-11(2)16-14/h3-8H,1-2H3. The van der Waals surface area contributed by atoms with Crippen LogP contribution in [0.5, 0.6) is 0 Å². The zero-order valence-electron chi connectivity index (χ0n) is 9.77. The summed E-state index contributed by atoms with van der Waals surface area (Å²) in [6.07, 6.45) is 0. The molecule has 0 aliphatic rings. The molecule has 0 spiro atoms. The van der Waals surface area contributed by atoms with Gasteiger partial charge in [0.2, 0.25) is 0 Å². The van der Waals surface area contributed by atoms with Crippen LogP contribution in [-0.2, 0) is 0 Å². The van der Waals surface area contributed by atoms with E-state index in [0.29, 0.717) is 5.56 Å². The average Bonchev–Trinajstić information content (AvgIpc) is 2.31. The van der Waals surface area contributed by atoms with Gasteiger partial charge in [0.15, 0.2) is 0 Å². The summed E-state index contributed by atoms with van der Waals surface area (Å²) in [5.74, 6) is 0. The largest absolute Gasteiger partial charge is 0.246 e. The van der Waals surface area contributed by atoms with Crippen LogP contribution in [0.4, 0.5) is 0 Å². The Labute approximate surface area is 105 Å². The number of hydrogen-bond acceptors (Lipinski definition) is 3. The van der Waals surface area contributed by atoms with Crippen molar-refractivity contribution in [3.63, 3.8) is 0 Å². The second-order valence-corrected chi connectivity index (χ2v) is 4.96. The smallest absolute Gasteiger partial charge is 0.102 e. The van der Waals surface area contributed by atoms with Gasteiger partial charge in [0.05, 0.1) is 11.6 Å². The molecule has 0 N–H and O–H groups in total. The van der Waals surface area contributed by atoms with Gasteiger partial charge in [-0.3, -0.25) is 0 Å².